The zero-order valence-electron chi connectivity index (χ0n) is 19.3. The van der Waals surface area contributed by atoms with Gasteiger partial charge < -0.3 is 19.3 Å². The minimum atomic E-state index is 0.316. The molecule has 7 nitrogen and oxygen atoms in total. The average molecular weight is 477 g/mol. The molecule has 0 saturated carbocycles. The number of hydrogen-bond donors (Lipinski definition) is 1. The van der Waals surface area contributed by atoms with E-state index >= 15 is 0 Å². The van der Waals surface area contributed by atoms with Crippen LogP contribution in [0, 0.1) is 13.8 Å². The summed E-state index contributed by atoms with van der Waals surface area (Å²) < 4.78 is 13.0. The predicted molar refractivity (Wildman–Crippen MR) is 132 cm³/mol. The highest BCUT2D eigenvalue weighted by atomic mass is 35.5. The number of hydrogen-bond acceptors (Lipinski definition) is 5. The molecule has 1 saturated heterocycles. The van der Waals surface area contributed by atoms with Crippen LogP contribution in [0.1, 0.15) is 17.0 Å². The van der Waals surface area contributed by atoms with Gasteiger partial charge in [0.1, 0.15) is 12.4 Å². The van der Waals surface area contributed by atoms with Crippen molar-refractivity contribution in [2.24, 2.45) is 0 Å². The summed E-state index contributed by atoms with van der Waals surface area (Å²) in [5.74, 6) is 2.80. The van der Waals surface area contributed by atoms with E-state index in [4.69, 9.17) is 31.2 Å². The second-order valence-electron chi connectivity index (χ2n) is 9.06. The van der Waals surface area contributed by atoms with Crippen molar-refractivity contribution in [3.05, 3.63) is 70.5 Å². The number of ether oxygens (including phenoxy) is 2. The van der Waals surface area contributed by atoms with Crippen LogP contribution in [0.4, 0.5) is 5.82 Å². The van der Waals surface area contributed by atoms with E-state index in [-0.39, 0.29) is 0 Å². The van der Waals surface area contributed by atoms with Crippen molar-refractivity contribution < 1.29 is 14.4 Å². The Balaban J connectivity index is 1.24. The maximum Gasteiger partial charge on any atom is 0.231 e. The van der Waals surface area contributed by atoms with Gasteiger partial charge >= 0.3 is 0 Å². The third kappa shape index (κ3) is 3.85. The van der Waals surface area contributed by atoms with Gasteiger partial charge in [0, 0.05) is 27.9 Å². The van der Waals surface area contributed by atoms with Crippen LogP contribution in [0.15, 0.2) is 48.5 Å². The van der Waals surface area contributed by atoms with Crippen LogP contribution in [0.25, 0.3) is 16.8 Å². The van der Waals surface area contributed by atoms with Gasteiger partial charge in [-0.2, -0.15) is 9.61 Å². The van der Waals surface area contributed by atoms with Gasteiger partial charge in [0.15, 0.2) is 17.1 Å². The molecule has 0 amide bonds. The molecule has 1 fully saturated rings. The van der Waals surface area contributed by atoms with E-state index in [9.17, 15) is 0 Å². The summed E-state index contributed by atoms with van der Waals surface area (Å²) in [7, 11) is 0. The Hall–Kier alpha value is -3.29. The number of nitrogens with one attached hydrogen (secondary N) is 1. The van der Waals surface area contributed by atoms with Gasteiger partial charge in [0.25, 0.3) is 0 Å². The van der Waals surface area contributed by atoms with Gasteiger partial charge in [-0.05, 0) is 49.7 Å². The fourth-order valence-corrected chi connectivity index (χ4v) is 5.10. The standard InChI is InChI=1S/C26H26ClN5O2/c1-17-13-24(32-26(28-17)25(18(2)29-32)20-4-6-21(27)7-5-20)31-11-9-30(10-12-31)15-19-3-8-22-23(14-19)34-16-33-22/h3-8,13-14H,9-12,15-16H2,1-2H3/p+1. The van der Waals surface area contributed by atoms with Gasteiger partial charge in [-0.1, -0.05) is 23.7 Å². The van der Waals surface area contributed by atoms with Crippen LogP contribution in [0.3, 0.4) is 0 Å². The lowest BCUT2D eigenvalue weighted by atomic mass is 10.1. The maximum atomic E-state index is 6.11. The van der Waals surface area contributed by atoms with Crippen LogP contribution in [-0.2, 0) is 6.54 Å². The number of aryl methyl sites for hydroxylation is 2. The lowest BCUT2D eigenvalue weighted by Gasteiger charge is -2.33. The normalized spacial score (nSPS) is 15.9. The third-order valence-corrected chi connectivity index (χ3v) is 6.94. The number of nitrogens with zero attached hydrogens (tertiary/aromatic N) is 4. The van der Waals surface area contributed by atoms with E-state index in [1.54, 1.807) is 4.90 Å². The van der Waals surface area contributed by atoms with E-state index in [0.29, 0.717) is 6.79 Å². The Bertz CT molecular complexity index is 1360. The Morgan fingerprint density at radius 3 is 2.53 bits per heavy atom. The minimum Gasteiger partial charge on any atom is -0.454 e. The quantitative estimate of drug-likeness (QED) is 0.490. The van der Waals surface area contributed by atoms with Gasteiger partial charge in [0.2, 0.25) is 6.79 Å². The van der Waals surface area contributed by atoms with E-state index in [0.717, 1.165) is 83.2 Å². The summed E-state index contributed by atoms with van der Waals surface area (Å²) in [6, 6.07) is 16.3. The topological polar surface area (TPSA) is 56.3 Å². The molecule has 0 bridgehead atoms. The molecule has 0 radical (unpaired) electrons. The lowest BCUT2D eigenvalue weighted by Crippen LogP contribution is -3.13. The van der Waals surface area contributed by atoms with Crippen molar-refractivity contribution in [2.45, 2.75) is 20.4 Å². The highest BCUT2D eigenvalue weighted by Gasteiger charge is 2.25. The summed E-state index contributed by atoms with van der Waals surface area (Å²) in [5, 5.41) is 5.62. The lowest BCUT2D eigenvalue weighted by molar-refractivity contribution is -0.914. The van der Waals surface area contributed by atoms with E-state index < -0.39 is 0 Å². The summed E-state index contributed by atoms with van der Waals surface area (Å²) >= 11 is 6.11. The van der Waals surface area contributed by atoms with Crippen molar-refractivity contribution in [1.29, 1.82) is 0 Å². The molecule has 0 spiro atoms. The number of benzene rings is 2. The average Bonchev–Trinajstić information content (AvgIpc) is 3.43. The molecule has 2 aliphatic heterocycles. The zero-order chi connectivity index (χ0) is 23.2. The number of rotatable bonds is 4. The minimum absolute atomic E-state index is 0.316. The van der Waals surface area contributed by atoms with Crippen molar-refractivity contribution in [2.75, 3.05) is 37.9 Å². The maximum absolute atomic E-state index is 6.11. The number of piperazine rings is 1. The molecule has 1 N–H and O–H groups in total. The fraction of sp³-hybridized carbons (Fsp3) is 0.308. The van der Waals surface area contributed by atoms with Crippen molar-refractivity contribution >= 4 is 23.1 Å². The Labute approximate surface area is 203 Å². The molecule has 2 aromatic heterocycles. The Morgan fingerprint density at radius 1 is 0.971 bits per heavy atom. The van der Waals surface area contributed by atoms with Crippen LogP contribution >= 0.6 is 11.6 Å². The van der Waals surface area contributed by atoms with Crippen molar-refractivity contribution in [1.82, 2.24) is 14.6 Å². The van der Waals surface area contributed by atoms with Crippen LogP contribution < -0.4 is 19.3 Å². The molecule has 2 aromatic carbocycles. The molecule has 34 heavy (non-hydrogen) atoms. The molecule has 6 rings (SSSR count). The summed E-state index contributed by atoms with van der Waals surface area (Å²) in [4.78, 5) is 8.86. The Kier molecular flexibility index (Phi) is 5.31. The van der Waals surface area contributed by atoms with Gasteiger partial charge in [0.05, 0.1) is 31.9 Å². The summed E-state index contributed by atoms with van der Waals surface area (Å²) in [6.45, 7) is 9.45. The monoisotopic (exact) mass is 476 g/mol. The number of aromatic nitrogens is 3. The second kappa shape index (κ2) is 8.49. The Morgan fingerprint density at radius 2 is 1.74 bits per heavy atom. The van der Waals surface area contributed by atoms with Gasteiger partial charge in [-0.15, -0.1) is 0 Å². The summed E-state index contributed by atoms with van der Waals surface area (Å²) in [6.07, 6.45) is 0. The molecule has 0 aliphatic carbocycles. The van der Waals surface area contributed by atoms with Gasteiger partial charge in [-0.3, -0.25) is 0 Å². The van der Waals surface area contributed by atoms with E-state index in [2.05, 4.69) is 30.0 Å². The largest absolute Gasteiger partial charge is 0.454 e. The summed E-state index contributed by atoms with van der Waals surface area (Å²) in [5.41, 5.74) is 6.28. The van der Waals surface area contributed by atoms with Crippen LogP contribution in [-0.4, -0.2) is 47.6 Å². The van der Waals surface area contributed by atoms with E-state index in [1.807, 2.05) is 41.8 Å². The van der Waals surface area contributed by atoms with E-state index in [1.165, 1.54) is 5.56 Å². The van der Waals surface area contributed by atoms with Crippen LogP contribution in [0.5, 0.6) is 11.5 Å². The first-order chi connectivity index (χ1) is 16.5. The molecule has 8 heteroatoms. The smallest absolute Gasteiger partial charge is 0.231 e. The molecule has 4 heterocycles. The second-order valence-corrected chi connectivity index (χ2v) is 9.50. The first-order valence-corrected chi connectivity index (χ1v) is 12.0. The SMILES string of the molecule is Cc1cc(N2CC[NH+](Cc3ccc4c(c3)OCO4)CC2)n2nc(C)c(-c3ccc(Cl)cc3)c2n1. The molecule has 174 valence electrons. The fourth-order valence-electron chi connectivity index (χ4n) is 4.97. The number of quaternary nitrogens is 1. The first kappa shape index (κ1) is 21.3. The highest BCUT2D eigenvalue weighted by Crippen LogP contribution is 2.33. The van der Waals surface area contributed by atoms with Crippen molar-refractivity contribution in [3.8, 4) is 22.6 Å². The third-order valence-electron chi connectivity index (χ3n) is 6.69. The number of anilines is 1. The molecular formula is C26H27ClN5O2+. The predicted octanol–water partition coefficient (Wildman–Crippen LogP) is 3.30. The molecule has 0 unspecified atom stereocenters. The zero-order valence-corrected chi connectivity index (χ0v) is 20.1. The highest BCUT2D eigenvalue weighted by molar-refractivity contribution is 6.30. The first-order valence-electron chi connectivity index (χ1n) is 11.6. The molecule has 2 aliphatic rings. The molecular weight excluding hydrogens is 450 g/mol. The van der Waals surface area contributed by atoms with Crippen molar-refractivity contribution in [3.63, 3.8) is 0 Å². The number of halogens is 1. The number of fused-ring (bicyclic) bond motifs is 2. The van der Waals surface area contributed by atoms with Crippen LogP contribution in [0.2, 0.25) is 5.02 Å². The molecule has 4 aromatic rings. The van der Waals surface area contributed by atoms with Gasteiger partial charge in [-0.25, -0.2) is 4.98 Å². The molecule has 0 atom stereocenters.